The van der Waals surface area contributed by atoms with Gasteiger partial charge in [-0.25, -0.2) is 9.18 Å². The molecular weight excluding hydrogens is 422 g/mol. The molecule has 0 aliphatic heterocycles. The first-order valence-electron chi connectivity index (χ1n) is 8.30. The van der Waals surface area contributed by atoms with Crippen LogP contribution in [0, 0.1) is 17.1 Å². The number of benzene rings is 2. The molecule has 2 aromatic carbocycles. The first-order chi connectivity index (χ1) is 13.8. The third-order valence-corrected chi connectivity index (χ3v) is 4.02. The lowest BCUT2D eigenvalue weighted by Gasteiger charge is -2.10. The van der Waals surface area contributed by atoms with Crippen LogP contribution in [0.15, 0.2) is 42.0 Å². The van der Waals surface area contributed by atoms with Gasteiger partial charge in [0.25, 0.3) is 5.91 Å². The van der Waals surface area contributed by atoms with E-state index in [1.54, 1.807) is 19.1 Å². The highest BCUT2D eigenvalue weighted by molar-refractivity contribution is 6.37. The number of hydrogen-bond acceptors (Lipinski definition) is 5. The van der Waals surface area contributed by atoms with Crippen molar-refractivity contribution in [1.29, 1.82) is 5.26 Å². The molecule has 0 unspecified atom stereocenters. The normalized spacial score (nSPS) is 10.8. The maximum Gasteiger partial charge on any atom is 0.344 e. The number of hydrogen-bond donors (Lipinski definition) is 1. The SMILES string of the molecule is CCOC(=O)COc1c(Cl)cc(/C=C(/C#N)C(=O)Nc2ccccc2F)cc1Cl. The second kappa shape index (κ2) is 10.5. The van der Waals surface area contributed by atoms with E-state index in [4.69, 9.17) is 32.7 Å². The first kappa shape index (κ1) is 22.2. The summed E-state index contributed by atoms with van der Waals surface area (Å²) in [5.74, 6) is -1.95. The molecular formula is C20H15Cl2FN2O4. The summed E-state index contributed by atoms with van der Waals surface area (Å²) in [5, 5.41) is 11.7. The number of nitrogens with one attached hydrogen (secondary N) is 1. The molecule has 2 aromatic rings. The topological polar surface area (TPSA) is 88.4 Å². The van der Waals surface area contributed by atoms with Gasteiger partial charge in [0.05, 0.1) is 22.3 Å². The van der Waals surface area contributed by atoms with Gasteiger partial charge < -0.3 is 14.8 Å². The molecule has 9 heteroatoms. The number of nitriles is 1. The van der Waals surface area contributed by atoms with E-state index in [9.17, 15) is 19.2 Å². The lowest BCUT2D eigenvalue weighted by molar-refractivity contribution is -0.145. The maximum atomic E-state index is 13.7. The Kier molecular flexibility index (Phi) is 8.01. The van der Waals surface area contributed by atoms with E-state index in [2.05, 4.69) is 5.32 Å². The molecule has 6 nitrogen and oxygen atoms in total. The van der Waals surface area contributed by atoms with Crippen molar-refractivity contribution in [1.82, 2.24) is 0 Å². The molecule has 0 aliphatic rings. The van der Waals surface area contributed by atoms with Crippen LogP contribution in [-0.2, 0) is 14.3 Å². The summed E-state index contributed by atoms with van der Waals surface area (Å²) in [6.07, 6.45) is 1.24. The highest BCUT2D eigenvalue weighted by Crippen LogP contribution is 2.35. The van der Waals surface area contributed by atoms with Gasteiger partial charge in [0.1, 0.15) is 17.5 Å². The maximum absolute atomic E-state index is 13.7. The van der Waals surface area contributed by atoms with Crippen molar-refractivity contribution >= 4 is 46.8 Å². The van der Waals surface area contributed by atoms with Gasteiger partial charge in [-0.1, -0.05) is 35.3 Å². The lowest BCUT2D eigenvalue weighted by atomic mass is 10.1. The van der Waals surface area contributed by atoms with E-state index in [1.165, 1.54) is 36.4 Å². The number of anilines is 1. The molecule has 1 amide bonds. The summed E-state index contributed by atoms with van der Waals surface area (Å²) in [6.45, 7) is 1.49. The van der Waals surface area contributed by atoms with Crippen molar-refractivity contribution in [2.75, 3.05) is 18.5 Å². The van der Waals surface area contributed by atoms with E-state index in [0.717, 1.165) is 0 Å². The molecule has 0 saturated heterocycles. The molecule has 0 spiro atoms. The third-order valence-electron chi connectivity index (χ3n) is 3.46. The number of ether oxygens (including phenoxy) is 2. The Bertz CT molecular complexity index is 979. The Hall–Kier alpha value is -3.08. The van der Waals surface area contributed by atoms with Crippen molar-refractivity contribution < 1.29 is 23.5 Å². The number of halogens is 3. The Labute approximate surface area is 176 Å². The highest BCUT2D eigenvalue weighted by Gasteiger charge is 2.15. The second-order valence-corrected chi connectivity index (χ2v) is 6.33. The van der Waals surface area contributed by atoms with E-state index in [-0.39, 0.29) is 40.3 Å². The van der Waals surface area contributed by atoms with Crippen LogP contribution in [0.25, 0.3) is 6.08 Å². The third kappa shape index (κ3) is 6.21. The number of carbonyl (C=O) groups is 2. The summed E-state index contributed by atoms with van der Waals surface area (Å²) in [6, 6.07) is 10.1. The minimum Gasteiger partial charge on any atom is -0.479 e. The van der Waals surface area contributed by atoms with Crippen LogP contribution >= 0.6 is 23.2 Å². The zero-order valence-electron chi connectivity index (χ0n) is 15.2. The average Bonchev–Trinajstić information content (AvgIpc) is 2.67. The zero-order chi connectivity index (χ0) is 21.4. The molecule has 29 heavy (non-hydrogen) atoms. The van der Waals surface area contributed by atoms with Crippen molar-refractivity contribution in [3.8, 4) is 11.8 Å². The molecule has 0 saturated carbocycles. The number of rotatable bonds is 7. The van der Waals surface area contributed by atoms with Crippen LogP contribution < -0.4 is 10.1 Å². The molecule has 0 atom stereocenters. The van der Waals surface area contributed by atoms with Crippen LogP contribution in [0.3, 0.4) is 0 Å². The van der Waals surface area contributed by atoms with Gasteiger partial charge in [0, 0.05) is 0 Å². The van der Waals surface area contributed by atoms with Gasteiger partial charge in [-0.05, 0) is 42.8 Å². The van der Waals surface area contributed by atoms with Crippen molar-refractivity contribution in [3.63, 3.8) is 0 Å². The smallest absolute Gasteiger partial charge is 0.344 e. The van der Waals surface area contributed by atoms with Crippen molar-refractivity contribution in [2.45, 2.75) is 6.92 Å². The van der Waals surface area contributed by atoms with Gasteiger partial charge >= 0.3 is 5.97 Å². The molecule has 0 heterocycles. The number of carbonyl (C=O) groups excluding carboxylic acids is 2. The standard InChI is InChI=1S/C20H15Cl2FN2O4/c1-2-28-18(26)11-29-19-14(21)8-12(9-15(19)22)7-13(10-24)20(27)25-17-6-4-3-5-16(17)23/h3-9H,2,11H2,1H3,(H,25,27)/b13-7-. The molecule has 0 aromatic heterocycles. The molecule has 150 valence electrons. The predicted molar refractivity (Wildman–Crippen MR) is 107 cm³/mol. The van der Waals surface area contributed by atoms with Gasteiger partial charge in [-0.2, -0.15) is 5.26 Å². The summed E-state index contributed by atoms with van der Waals surface area (Å²) in [5.41, 5.74) is -0.0123. The second-order valence-electron chi connectivity index (χ2n) is 5.51. The zero-order valence-corrected chi connectivity index (χ0v) is 16.7. The number of para-hydroxylation sites is 1. The van der Waals surface area contributed by atoms with E-state index < -0.39 is 17.7 Å². The van der Waals surface area contributed by atoms with Gasteiger partial charge in [-0.3, -0.25) is 4.79 Å². The minimum absolute atomic E-state index is 0.0579. The molecule has 0 aliphatic carbocycles. The Balaban J connectivity index is 2.21. The monoisotopic (exact) mass is 436 g/mol. The van der Waals surface area contributed by atoms with Crippen molar-refractivity contribution in [2.24, 2.45) is 0 Å². The fourth-order valence-electron chi connectivity index (χ4n) is 2.20. The quantitative estimate of drug-likeness (QED) is 0.388. The Morgan fingerprint density at radius 1 is 1.24 bits per heavy atom. The molecule has 2 rings (SSSR count). The van der Waals surface area contributed by atoms with E-state index >= 15 is 0 Å². The number of nitrogens with zero attached hydrogens (tertiary/aromatic N) is 1. The van der Waals surface area contributed by atoms with E-state index in [0.29, 0.717) is 5.56 Å². The molecule has 1 N–H and O–H groups in total. The minimum atomic E-state index is -0.799. The van der Waals surface area contributed by atoms with Crippen LogP contribution in [0.2, 0.25) is 10.0 Å². The largest absolute Gasteiger partial charge is 0.479 e. The fraction of sp³-hybridized carbons (Fsp3) is 0.150. The molecule has 0 bridgehead atoms. The first-order valence-corrected chi connectivity index (χ1v) is 9.06. The fourth-order valence-corrected chi connectivity index (χ4v) is 2.82. The molecule has 0 fully saturated rings. The lowest BCUT2D eigenvalue weighted by Crippen LogP contribution is -2.15. The Morgan fingerprint density at radius 2 is 1.90 bits per heavy atom. The summed E-state index contributed by atoms with van der Waals surface area (Å²) >= 11 is 12.3. The Morgan fingerprint density at radius 3 is 2.48 bits per heavy atom. The van der Waals surface area contributed by atoms with Gasteiger partial charge in [0.15, 0.2) is 12.4 Å². The predicted octanol–water partition coefficient (Wildman–Crippen LogP) is 4.62. The summed E-state index contributed by atoms with van der Waals surface area (Å²) < 4.78 is 23.7. The molecule has 0 radical (unpaired) electrons. The van der Waals surface area contributed by atoms with Crippen LogP contribution in [0.4, 0.5) is 10.1 Å². The number of esters is 1. The van der Waals surface area contributed by atoms with Crippen molar-refractivity contribution in [3.05, 3.63) is 63.4 Å². The van der Waals surface area contributed by atoms with Crippen LogP contribution in [0.5, 0.6) is 5.75 Å². The summed E-state index contributed by atoms with van der Waals surface area (Å²) in [4.78, 5) is 23.7. The van der Waals surface area contributed by atoms with E-state index in [1.807, 2.05) is 0 Å². The number of amides is 1. The van der Waals surface area contributed by atoms with Crippen LogP contribution in [-0.4, -0.2) is 25.1 Å². The average molecular weight is 437 g/mol. The summed E-state index contributed by atoms with van der Waals surface area (Å²) in [7, 11) is 0. The van der Waals surface area contributed by atoms with Crippen LogP contribution in [0.1, 0.15) is 12.5 Å². The van der Waals surface area contributed by atoms with Gasteiger partial charge in [-0.15, -0.1) is 0 Å². The highest BCUT2D eigenvalue weighted by atomic mass is 35.5. The van der Waals surface area contributed by atoms with Gasteiger partial charge in [0.2, 0.25) is 0 Å².